The Bertz CT molecular complexity index is 1060. The predicted octanol–water partition coefficient (Wildman–Crippen LogP) is -0.0180. The van der Waals surface area contributed by atoms with Gasteiger partial charge in [0.25, 0.3) is 5.79 Å². The number of aliphatic hydroxyl groups excluding tert-OH is 4. The molecule has 5 N–H and O–H groups in total. The standard InChI is InChI=1S/C22H26N2O8/c1-2-30-14-8-6-13(7-9-14)10-24-12-23-15-4-3-5-16(18(15)24)32-22(29)20(27)19(26)17(11-25)31-21(22)28/h3-9,12,17,19-21,25-29H,2,10-11H2,1H3/t17-,19-,20+,21-,22+/m1/s1. The molecular formula is C22H26N2O8. The van der Waals surface area contributed by atoms with Crippen LogP contribution in [0.5, 0.6) is 11.5 Å². The molecule has 32 heavy (non-hydrogen) atoms. The highest BCUT2D eigenvalue weighted by atomic mass is 16.7. The Balaban J connectivity index is 1.64. The van der Waals surface area contributed by atoms with Crippen LogP contribution in [0.15, 0.2) is 48.8 Å². The molecule has 1 aliphatic rings. The van der Waals surface area contributed by atoms with Gasteiger partial charge in [-0.15, -0.1) is 0 Å². The van der Waals surface area contributed by atoms with E-state index in [4.69, 9.17) is 14.2 Å². The van der Waals surface area contributed by atoms with Crippen LogP contribution in [0.3, 0.4) is 0 Å². The van der Waals surface area contributed by atoms with E-state index < -0.39 is 37.0 Å². The van der Waals surface area contributed by atoms with Crippen molar-refractivity contribution in [2.24, 2.45) is 0 Å². The summed E-state index contributed by atoms with van der Waals surface area (Å²) in [5.41, 5.74) is 2.03. The fourth-order valence-corrected chi connectivity index (χ4v) is 3.73. The van der Waals surface area contributed by atoms with Gasteiger partial charge in [-0.2, -0.15) is 0 Å². The van der Waals surface area contributed by atoms with Crippen molar-refractivity contribution in [3.8, 4) is 11.5 Å². The van der Waals surface area contributed by atoms with Crippen LogP contribution in [0.2, 0.25) is 0 Å². The van der Waals surface area contributed by atoms with Gasteiger partial charge < -0.3 is 44.3 Å². The highest BCUT2D eigenvalue weighted by Gasteiger charge is 2.57. The zero-order valence-electron chi connectivity index (χ0n) is 17.4. The number of para-hydroxylation sites is 1. The van der Waals surface area contributed by atoms with Gasteiger partial charge in [0.1, 0.15) is 29.2 Å². The molecular weight excluding hydrogens is 420 g/mol. The number of ether oxygens (including phenoxy) is 3. The van der Waals surface area contributed by atoms with Gasteiger partial charge in [-0.25, -0.2) is 4.98 Å². The second-order valence-electron chi connectivity index (χ2n) is 7.57. The van der Waals surface area contributed by atoms with E-state index in [1.165, 1.54) is 0 Å². The lowest BCUT2D eigenvalue weighted by Gasteiger charge is -2.45. The van der Waals surface area contributed by atoms with E-state index in [9.17, 15) is 25.5 Å². The van der Waals surface area contributed by atoms with E-state index in [0.717, 1.165) is 11.3 Å². The average Bonchev–Trinajstić information content (AvgIpc) is 3.20. The van der Waals surface area contributed by atoms with Crippen LogP contribution in [0, 0.1) is 0 Å². The molecule has 1 saturated heterocycles. The maximum atomic E-state index is 10.9. The van der Waals surface area contributed by atoms with E-state index >= 15 is 0 Å². The topological polar surface area (TPSA) is 147 Å². The van der Waals surface area contributed by atoms with Crippen molar-refractivity contribution in [1.82, 2.24) is 9.55 Å². The molecule has 1 aliphatic heterocycles. The molecule has 0 radical (unpaired) electrons. The van der Waals surface area contributed by atoms with Gasteiger partial charge in [0.05, 0.1) is 25.1 Å². The lowest BCUT2D eigenvalue weighted by atomic mass is 9.96. The highest BCUT2D eigenvalue weighted by Crippen LogP contribution is 2.35. The molecule has 4 rings (SSSR count). The van der Waals surface area contributed by atoms with Crippen LogP contribution in [-0.4, -0.2) is 78.7 Å². The number of aliphatic hydroxyl groups is 5. The maximum absolute atomic E-state index is 10.9. The van der Waals surface area contributed by atoms with Gasteiger partial charge in [0.15, 0.2) is 6.10 Å². The van der Waals surface area contributed by atoms with Gasteiger partial charge in [0.2, 0.25) is 6.29 Å². The van der Waals surface area contributed by atoms with Crippen LogP contribution >= 0.6 is 0 Å². The van der Waals surface area contributed by atoms with Crippen LogP contribution < -0.4 is 9.47 Å². The Hall–Kier alpha value is -2.73. The summed E-state index contributed by atoms with van der Waals surface area (Å²) in [6.07, 6.45) is -5.30. The summed E-state index contributed by atoms with van der Waals surface area (Å²) in [5.74, 6) is -1.80. The minimum Gasteiger partial charge on any atom is -0.494 e. The number of nitrogens with zero attached hydrogens (tertiary/aromatic N) is 2. The molecule has 0 spiro atoms. The molecule has 0 unspecified atom stereocenters. The third-order valence-electron chi connectivity index (χ3n) is 5.43. The molecule has 0 saturated carbocycles. The lowest BCUT2D eigenvalue weighted by molar-refractivity contribution is -0.385. The molecule has 1 aromatic heterocycles. The first kappa shape index (κ1) is 22.5. The molecule has 172 valence electrons. The average molecular weight is 446 g/mol. The van der Waals surface area contributed by atoms with Crippen molar-refractivity contribution in [1.29, 1.82) is 0 Å². The minimum atomic E-state index is -2.67. The molecule has 5 atom stereocenters. The third-order valence-corrected chi connectivity index (χ3v) is 5.43. The maximum Gasteiger partial charge on any atom is 0.288 e. The summed E-state index contributed by atoms with van der Waals surface area (Å²) >= 11 is 0. The monoisotopic (exact) mass is 446 g/mol. The summed E-state index contributed by atoms with van der Waals surface area (Å²) in [4.78, 5) is 4.35. The fourth-order valence-electron chi connectivity index (χ4n) is 3.73. The van der Waals surface area contributed by atoms with E-state index in [2.05, 4.69) is 4.98 Å². The molecule has 1 fully saturated rings. The Kier molecular flexibility index (Phi) is 6.33. The number of fused-ring (bicyclic) bond motifs is 1. The van der Waals surface area contributed by atoms with Gasteiger partial charge in [-0.05, 0) is 36.8 Å². The summed E-state index contributed by atoms with van der Waals surface area (Å²) in [5, 5.41) is 50.9. The second kappa shape index (κ2) is 9.02. The summed E-state index contributed by atoms with van der Waals surface area (Å²) < 4.78 is 17.9. The molecule has 2 heterocycles. The molecule has 10 heteroatoms. The molecule has 2 aromatic carbocycles. The number of hydrogen-bond donors (Lipinski definition) is 5. The van der Waals surface area contributed by atoms with Crippen molar-refractivity contribution < 1.29 is 39.7 Å². The Labute approximate surface area is 183 Å². The number of hydrogen-bond acceptors (Lipinski definition) is 9. The van der Waals surface area contributed by atoms with Crippen LogP contribution in [0.4, 0.5) is 0 Å². The Morgan fingerprint density at radius 2 is 1.88 bits per heavy atom. The lowest BCUT2D eigenvalue weighted by Crippen LogP contribution is -2.69. The molecule has 3 aromatic rings. The number of aromatic nitrogens is 2. The fraction of sp³-hybridized carbons (Fsp3) is 0.409. The Morgan fingerprint density at radius 3 is 2.56 bits per heavy atom. The first-order chi connectivity index (χ1) is 15.4. The normalized spacial score (nSPS) is 28.1. The van der Waals surface area contributed by atoms with E-state index in [1.54, 1.807) is 29.1 Å². The quantitative estimate of drug-likeness (QED) is 0.316. The van der Waals surface area contributed by atoms with Gasteiger partial charge in [-0.3, -0.25) is 0 Å². The van der Waals surface area contributed by atoms with Crippen molar-refractivity contribution in [2.45, 2.75) is 43.9 Å². The summed E-state index contributed by atoms with van der Waals surface area (Å²) in [6, 6.07) is 12.5. The third kappa shape index (κ3) is 4.04. The number of imidazole rings is 1. The van der Waals surface area contributed by atoms with Crippen molar-refractivity contribution >= 4 is 11.0 Å². The smallest absolute Gasteiger partial charge is 0.288 e. The zero-order chi connectivity index (χ0) is 22.9. The molecule has 0 amide bonds. The van der Waals surface area contributed by atoms with Crippen LogP contribution in [0.25, 0.3) is 11.0 Å². The second-order valence-corrected chi connectivity index (χ2v) is 7.57. The first-order valence-electron chi connectivity index (χ1n) is 10.2. The SMILES string of the molecule is CCOc1ccc(Cn2cnc3cccc(O[C@]4(O)[C@H](O)O[C@H](CO)[C@@H](O)[C@@H]4O)c32)cc1. The molecule has 0 aliphatic carbocycles. The summed E-state index contributed by atoms with van der Waals surface area (Å²) in [6.45, 7) is 2.26. The van der Waals surface area contributed by atoms with Gasteiger partial charge in [0, 0.05) is 6.54 Å². The number of benzene rings is 2. The summed E-state index contributed by atoms with van der Waals surface area (Å²) in [7, 11) is 0. The van der Waals surface area contributed by atoms with Crippen molar-refractivity contribution in [3.05, 3.63) is 54.4 Å². The van der Waals surface area contributed by atoms with Crippen LogP contribution in [-0.2, 0) is 11.3 Å². The minimum absolute atomic E-state index is 0.116. The Morgan fingerprint density at radius 1 is 1.12 bits per heavy atom. The van der Waals surface area contributed by atoms with E-state index in [0.29, 0.717) is 24.2 Å². The van der Waals surface area contributed by atoms with Gasteiger partial charge >= 0.3 is 0 Å². The van der Waals surface area contributed by atoms with Crippen molar-refractivity contribution in [2.75, 3.05) is 13.2 Å². The van der Waals surface area contributed by atoms with Crippen molar-refractivity contribution in [3.63, 3.8) is 0 Å². The van der Waals surface area contributed by atoms with E-state index in [-0.39, 0.29) is 5.75 Å². The molecule has 0 bridgehead atoms. The zero-order valence-corrected chi connectivity index (χ0v) is 17.4. The van der Waals surface area contributed by atoms with Crippen LogP contribution in [0.1, 0.15) is 12.5 Å². The highest BCUT2D eigenvalue weighted by molar-refractivity contribution is 5.82. The molecule has 10 nitrogen and oxygen atoms in total. The van der Waals surface area contributed by atoms with E-state index in [1.807, 2.05) is 31.2 Å². The largest absolute Gasteiger partial charge is 0.494 e. The van der Waals surface area contributed by atoms with Gasteiger partial charge in [-0.1, -0.05) is 18.2 Å². The number of rotatable bonds is 7. The first-order valence-corrected chi connectivity index (χ1v) is 10.2. The predicted molar refractivity (Wildman–Crippen MR) is 112 cm³/mol.